The van der Waals surface area contributed by atoms with Gasteiger partial charge in [0.15, 0.2) is 0 Å². The summed E-state index contributed by atoms with van der Waals surface area (Å²) < 4.78 is 69.8. The molecule has 11 heteroatoms. The number of aryl methyl sites for hydroxylation is 1. The highest BCUT2D eigenvalue weighted by Gasteiger charge is 2.28. The predicted octanol–water partition coefficient (Wildman–Crippen LogP) is 1.13. The Labute approximate surface area is 129 Å². The highest BCUT2D eigenvalue weighted by Crippen LogP contribution is 2.23. The Bertz CT molecular complexity index is 675. The van der Waals surface area contributed by atoms with Gasteiger partial charge < -0.3 is 4.90 Å². The smallest absolute Gasteiger partial charge is 0.318 e. The summed E-state index contributed by atoms with van der Waals surface area (Å²) in [5.41, 5.74) is 1.17. The summed E-state index contributed by atoms with van der Waals surface area (Å²) in [5, 5.41) is 0. The van der Waals surface area contributed by atoms with E-state index in [9.17, 15) is 16.8 Å². The molecular formula is C11H17NO8S2. The molecule has 0 bridgehead atoms. The van der Waals surface area contributed by atoms with E-state index in [1.807, 2.05) is 0 Å². The van der Waals surface area contributed by atoms with E-state index in [0.29, 0.717) is 5.69 Å². The number of rotatable bonds is 7. The van der Waals surface area contributed by atoms with Crippen LogP contribution in [0, 0.1) is 6.92 Å². The van der Waals surface area contributed by atoms with E-state index >= 15 is 0 Å². The van der Waals surface area contributed by atoms with Crippen LogP contribution in [0.2, 0.25) is 0 Å². The van der Waals surface area contributed by atoms with E-state index in [-0.39, 0.29) is 0 Å². The van der Waals surface area contributed by atoms with E-state index in [1.165, 1.54) is 13.8 Å². The second kappa shape index (κ2) is 6.89. The largest absolute Gasteiger partial charge is 0.399 e. The Hall–Kier alpha value is -1.24. The van der Waals surface area contributed by atoms with Crippen molar-refractivity contribution in [2.75, 3.05) is 4.90 Å². The Balaban J connectivity index is 3.20. The third-order valence-electron chi connectivity index (χ3n) is 2.60. The van der Waals surface area contributed by atoms with Crippen molar-refractivity contribution < 1.29 is 34.3 Å². The van der Waals surface area contributed by atoms with Gasteiger partial charge in [0, 0.05) is 5.69 Å². The maximum Gasteiger partial charge on any atom is 0.399 e. The van der Waals surface area contributed by atoms with Crippen molar-refractivity contribution in [1.82, 2.24) is 0 Å². The number of benzene rings is 1. The van der Waals surface area contributed by atoms with Gasteiger partial charge >= 0.3 is 20.8 Å². The van der Waals surface area contributed by atoms with E-state index in [1.54, 1.807) is 31.2 Å². The predicted molar refractivity (Wildman–Crippen MR) is 77.8 cm³/mol. The minimum Gasteiger partial charge on any atom is -0.318 e. The van der Waals surface area contributed by atoms with Crippen LogP contribution in [0.4, 0.5) is 5.69 Å². The van der Waals surface area contributed by atoms with E-state index in [4.69, 9.17) is 9.11 Å². The molecule has 2 atom stereocenters. The van der Waals surface area contributed by atoms with Gasteiger partial charge in [0.1, 0.15) is 12.5 Å². The Morgan fingerprint density at radius 2 is 1.45 bits per heavy atom. The van der Waals surface area contributed by atoms with Crippen LogP contribution in [0.5, 0.6) is 0 Å². The molecule has 1 aromatic rings. The van der Waals surface area contributed by atoms with Crippen LogP contribution in [-0.4, -0.2) is 38.4 Å². The Morgan fingerprint density at radius 1 is 1.00 bits per heavy atom. The normalized spacial score (nSPS) is 15.3. The maximum absolute atomic E-state index is 10.9. The SMILES string of the molecule is Cc1cccc(N(C(C)OS(=O)(=O)O)C(C)OS(=O)(=O)O)c1. The van der Waals surface area contributed by atoms with Crippen LogP contribution in [0.3, 0.4) is 0 Å². The molecule has 0 fully saturated rings. The first-order valence-electron chi connectivity index (χ1n) is 6.05. The van der Waals surface area contributed by atoms with Gasteiger partial charge in [-0.3, -0.25) is 9.11 Å². The second-order valence-electron chi connectivity index (χ2n) is 4.49. The summed E-state index contributed by atoms with van der Waals surface area (Å²) in [7, 11) is -9.55. The first-order valence-corrected chi connectivity index (χ1v) is 8.78. The van der Waals surface area contributed by atoms with Gasteiger partial charge in [0.25, 0.3) is 0 Å². The van der Waals surface area contributed by atoms with Gasteiger partial charge in [-0.15, -0.1) is 0 Å². The fourth-order valence-corrected chi connectivity index (χ4v) is 2.84. The minimum absolute atomic E-state index is 0.368. The van der Waals surface area contributed by atoms with Crippen molar-refractivity contribution in [2.24, 2.45) is 0 Å². The lowest BCUT2D eigenvalue weighted by atomic mass is 10.2. The summed E-state index contributed by atoms with van der Waals surface area (Å²) in [6, 6.07) is 6.59. The summed E-state index contributed by atoms with van der Waals surface area (Å²) in [6.45, 7) is 4.30. The van der Waals surface area contributed by atoms with E-state index < -0.39 is 33.3 Å². The lowest BCUT2D eigenvalue weighted by Crippen LogP contribution is -2.45. The van der Waals surface area contributed by atoms with Gasteiger partial charge in [-0.1, -0.05) is 12.1 Å². The summed E-state index contributed by atoms with van der Waals surface area (Å²) in [4.78, 5) is 1.12. The van der Waals surface area contributed by atoms with Gasteiger partial charge in [-0.25, -0.2) is 8.37 Å². The standard InChI is InChI=1S/C11H17NO8S2/c1-8-5-4-6-11(7-8)12(9(2)19-21(13,14)15)10(3)20-22(16,17)18/h4-7,9-10H,1-3H3,(H,13,14,15)(H,16,17,18). The van der Waals surface area contributed by atoms with Crippen molar-refractivity contribution in [1.29, 1.82) is 0 Å². The molecule has 0 aliphatic carbocycles. The van der Waals surface area contributed by atoms with E-state index in [0.717, 1.165) is 10.5 Å². The Morgan fingerprint density at radius 3 is 1.82 bits per heavy atom. The van der Waals surface area contributed by atoms with Crippen molar-refractivity contribution in [3.8, 4) is 0 Å². The third kappa shape index (κ3) is 6.25. The van der Waals surface area contributed by atoms with Crippen LogP contribution >= 0.6 is 0 Å². The zero-order chi connectivity index (χ0) is 17.1. The van der Waals surface area contributed by atoms with Gasteiger partial charge in [0.05, 0.1) is 0 Å². The average Bonchev–Trinajstić information content (AvgIpc) is 2.23. The molecule has 9 nitrogen and oxygen atoms in total. The number of hydrogen-bond donors (Lipinski definition) is 2. The molecule has 0 aromatic heterocycles. The summed E-state index contributed by atoms with van der Waals surface area (Å²) in [6.07, 6.45) is -2.60. The van der Waals surface area contributed by atoms with Crippen LogP contribution < -0.4 is 4.90 Å². The van der Waals surface area contributed by atoms with Crippen molar-refractivity contribution in [3.05, 3.63) is 29.8 Å². The number of nitrogens with zero attached hydrogens (tertiary/aromatic N) is 1. The summed E-state index contributed by atoms with van der Waals surface area (Å²) >= 11 is 0. The maximum atomic E-state index is 10.9. The molecule has 22 heavy (non-hydrogen) atoms. The summed E-state index contributed by atoms with van der Waals surface area (Å²) in [5.74, 6) is 0. The number of anilines is 1. The van der Waals surface area contributed by atoms with Gasteiger partial charge in [-0.05, 0) is 38.5 Å². The topological polar surface area (TPSA) is 130 Å². The fraction of sp³-hybridized carbons (Fsp3) is 0.455. The van der Waals surface area contributed by atoms with E-state index in [2.05, 4.69) is 8.37 Å². The van der Waals surface area contributed by atoms with Crippen LogP contribution in [0.25, 0.3) is 0 Å². The molecule has 0 spiro atoms. The van der Waals surface area contributed by atoms with Gasteiger partial charge in [-0.2, -0.15) is 16.8 Å². The molecule has 1 rings (SSSR count). The molecule has 1 aromatic carbocycles. The molecule has 2 unspecified atom stereocenters. The molecule has 0 radical (unpaired) electrons. The van der Waals surface area contributed by atoms with Crippen LogP contribution in [-0.2, 0) is 29.2 Å². The number of hydrogen-bond acceptors (Lipinski definition) is 7. The molecule has 0 heterocycles. The monoisotopic (exact) mass is 355 g/mol. The molecule has 126 valence electrons. The van der Waals surface area contributed by atoms with Crippen molar-refractivity contribution >= 4 is 26.5 Å². The lowest BCUT2D eigenvalue weighted by molar-refractivity contribution is 0.122. The third-order valence-corrected chi connectivity index (χ3v) is 3.65. The Kier molecular flexibility index (Phi) is 5.89. The van der Waals surface area contributed by atoms with Crippen molar-refractivity contribution in [2.45, 2.75) is 33.2 Å². The lowest BCUT2D eigenvalue weighted by Gasteiger charge is -2.34. The molecular weight excluding hydrogens is 338 g/mol. The second-order valence-corrected chi connectivity index (χ2v) is 6.59. The zero-order valence-electron chi connectivity index (χ0n) is 12.1. The average molecular weight is 355 g/mol. The van der Waals surface area contributed by atoms with Crippen LogP contribution in [0.15, 0.2) is 24.3 Å². The zero-order valence-corrected chi connectivity index (χ0v) is 13.7. The molecule has 0 amide bonds. The van der Waals surface area contributed by atoms with Crippen LogP contribution in [0.1, 0.15) is 19.4 Å². The minimum atomic E-state index is -4.77. The highest BCUT2D eigenvalue weighted by molar-refractivity contribution is 7.81. The fourth-order valence-electron chi connectivity index (χ4n) is 1.95. The first-order chi connectivity index (χ1) is 9.89. The molecule has 0 saturated heterocycles. The molecule has 0 aliphatic heterocycles. The highest BCUT2D eigenvalue weighted by atomic mass is 32.3. The molecule has 2 N–H and O–H groups in total. The first kappa shape index (κ1) is 18.8. The molecule has 0 saturated carbocycles. The quantitative estimate of drug-likeness (QED) is 0.546. The van der Waals surface area contributed by atoms with Crippen molar-refractivity contribution in [3.63, 3.8) is 0 Å². The molecule has 0 aliphatic rings. The van der Waals surface area contributed by atoms with Gasteiger partial charge in [0.2, 0.25) is 0 Å².